The molecule has 122 valence electrons. The molecule has 0 amide bonds. The minimum absolute atomic E-state index is 0.188. The van der Waals surface area contributed by atoms with Gasteiger partial charge in [0.2, 0.25) is 10.0 Å². The number of aryl methyl sites for hydroxylation is 1. The Hall–Kier alpha value is -0.960. The van der Waals surface area contributed by atoms with Crippen LogP contribution in [-0.2, 0) is 21.3 Å². The zero-order valence-electron chi connectivity index (χ0n) is 13.6. The second-order valence-electron chi connectivity index (χ2n) is 5.95. The molecule has 0 aliphatic rings. The van der Waals surface area contributed by atoms with Crippen molar-refractivity contribution in [1.29, 1.82) is 0 Å². The zero-order valence-corrected chi connectivity index (χ0v) is 14.4. The number of ether oxygens (including phenoxy) is 1. The maximum absolute atomic E-state index is 12.5. The summed E-state index contributed by atoms with van der Waals surface area (Å²) in [6.07, 6.45) is 0. The number of sulfonamides is 1. The van der Waals surface area contributed by atoms with Crippen LogP contribution in [0, 0.1) is 6.92 Å². The molecular formula is C13H26N4O3S. The first-order valence-corrected chi connectivity index (χ1v) is 8.39. The third-order valence-corrected chi connectivity index (χ3v) is 4.75. The van der Waals surface area contributed by atoms with Gasteiger partial charge in [-0.3, -0.25) is 5.10 Å². The molecule has 7 nitrogen and oxygen atoms in total. The monoisotopic (exact) mass is 318 g/mol. The number of methoxy groups -OCH3 is 1. The average Bonchev–Trinajstić information content (AvgIpc) is 2.76. The number of H-pyrrole nitrogens is 1. The van der Waals surface area contributed by atoms with E-state index in [9.17, 15) is 8.42 Å². The molecule has 0 bridgehead atoms. The highest BCUT2D eigenvalue weighted by Crippen LogP contribution is 2.18. The van der Waals surface area contributed by atoms with E-state index in [4.69, 9.17) is 4.74 Å². The Bertz CT molecular complexity index is 564. The van der Waals surface area contributed by atoms with E-state index in [1.54, 1.807) is 14.0 Å². The van der Waals surface area contributed by atoms with E-state index in [0.29, 0.717) is 17.9 Å². The molecule has 0 aromatic carbocycles. The minimum Gasteiger partial charge on any atom is -0.377 e. The van der Waals surface area contributed by atoms with Crippen LogP contribution in [-0.4, -0.2) is 43.9 Å². The summed E-state index contributed by atoms with van der Waals surface area (Å²) >= 11 is 0. The lowest BCUT2D eigenvalue weighted by molar-refractivity contribution is 0.0276. The number of nitrogens with one attached hydrogen (secondary N) is 3. The third-order valence-electron chi connectivity index (χ3n) is 3.15. The maximum Gasteiger partial charge on any atom is 0.244 e. The molecular weight excluding hydrogens is 292 g/mol. The van der Waals surface area contributed by atoms with E-state index in [1.165, 1.54) is 0 Å². The van der Waals surface area contributed by atoms with Crippen LogP contribution in [0.15, 0.2) is 4.90 Å². The molecule has 0 saturated carbocycles. The summed E-state index contributed by atoms with van der Waals surface area (Å²) in [4.78, 5) is 0.211. The Labute approximate surface area is 126 Å². The Morgan fingerprint density at radius 2 is 2.00 bits per heavy atom. The third kappa shape index (κ3) is 5.06. The largest absolute Gasteiger partial charge is 0.377 e. The lowest BCUT2D eigenvalue weighted by Crippen LogP contribution is -2.40. The van der Waals surface area contributed by atoms with Crippen molar-refractivity contribution in [3.05, 3.63) is 11.4 Å². The molecule has 0 unspecified atom stereocenters. The van der Waals surface area contributed by atoms with Crippen LogP contribution in [0.3, 0.4) is 0 Å². The Balaban J connectivity index is 2.95. The summed E-state index contributed by atoms with van der Waals surface area (Å²) in [6.45, 7) is 9.90. The normalized spacial score (nSPS) is 13.1. The van der Waals surface area contributed by atoms with Gasteiger partial charge < -0.3 is 10.1 Å². The Morgan fingerprint density at radius 1 is 1.38 bits per heavy atom. The summed E-state index contributed by atoms with van der Waals surface area (Å²) in [5.41, 5.74) is 0.448. The van der Waals surface area contributed by atoms with Crippen molar-refractivity contribution in [1.82, 2.24) is 20.2 Å². The van der Waals surface area contributed by atoms with Gasteiger partial charge in [-0.05, 0) is 20.8 Å². The van der Waals surface area contributed by atoms with Crippen molar-refractivity contribution in [2.45, 2.75) is 57.7 Å². The van der Waals surface area contributed by atoms with Crippen LogP contribution >= 0.6 is 0 Å². The van der Waals surface area contributed by atoms with Crippen molar-refractivity contribution in [2.24, 2.45) is 0 Å². The highest BCUT2D eigenvalue weighted by molar-refractivity contribution is 7.89. The smallest absolute Gasteiger partial charge is 0.244 e. The number of aromatic nitrogens is 2. The van der Waals surface area contributed by atoms with E-state index in [0.717, 1.165) is 0 Å². The van der Waals surface area contributed by atoms with E-state index >= 15 is 0 Å². The van der Waals surface area contributed by atoms with Crippen LogP contribution in [0.2, 0.25) is 0 Å². The fourth-order valence-corrected chi connectivity index (χ4v) is 3.22. The van der Waals surface area contributed by atoms with Crippen molar-refractivity contribution in [2.75, 3.05) is 13.7 Å². The van der Waals surface area contributed by atoms with E-state index < -0.39 is 15.6 Å². The van der Waals surface area contributed by atoms with Gasteiger partial charge in [0.25, 0.3) is 0 Å². The van der Waals surface area contributed by atoms with Crippen molar-refractivity contribution in [3.8, 4) is 0 Å². The predicted molar refractivity (Wildman–Crippen MR) is 81.6 cm³/mol. The molecule has 1 aromatic heterocycles. The summed E-state index contributed by atoms with van der Waals surface area (Å²) in [5.74, 6) is 0. The highest BCUT2D eigenvalue weighted by atomic mass is 32.2. The molecule has 0 aliphatic carbocycles. The first-order valence-electron chi connectivity index (χ1n) is 6.91. The molecule has 0 saturated heterocycles. The van der Waals surface area contributed by atoms with Gasteiger partial charge >= 0.3 is 0 Å². The van der Waals surface area contributed by atoms with Gasteiger partial charge in [0.05, 0.1) is 17.0 Å². The highest BCUT2D eigenvalue weighted by Gasteiger charge is 2.27. The van der Waals surface area contributed by atoms with Gasteiger partial charge in [0, 0.05) is 26.2 Å². The van der Waals surface area contributed by atoms with Crippen LogP contribution < -0.4 is 10.0 Å². The molecule has 0 radical (unpaired) electrons. The molecule has 1 aromatic rings. The fraction of sp³-hybridized carbons (Fsp3) is 0.769. The summed E-state index contributed by atoms with van der Waals surface area (Å²) < 4.78 is 32.8. The van der Waals surface area contributed by atoms with Gasteiger partial charge in [0.1, 0.15) is 4.90 Å². The van der Waals surface area contributed by atoms with E-state index in [-0.39, 0.29) is 17.5 Å². The van der Waals surface area contributed by atoms with Crippen LogP contribution in [0.25, 0.3) is 0 Å². The first kappa shape index (κ1) is 18.1. The lowest BCUT2D eigenvalue weighted by Gasteiger charge is -2.23. The standard InChI is InChI=1S/C13H26N4O3S/c1-9(2)14-7-11-12(10(3)16-17-11)21(18,19)15-8-13(4,5)20-6/h9,14-15H,7-8H2,1-6H3,(H,16,17). The van der Waals surface area contributed by atoms with E-state index in [1.807, 2.05) is 27.7 Å². The Morgan fingerprint density at radius 3 is 2.52 bits per heavy atom. The lowest BCUT2D eigenvalue weighted by atomic mass is 10.1. The molecule has 0 spiro atoms. The van der Waals surface area contributed by atoms with Crippen molar-refractivity contribution in [3.63, 3.8) is 0 Å². The maximum atomic E-state index is 12.5. The molecule has 3 N–H and O–H groups in total. The van der Waals surface area contributed by atoms with Crippen molar-refractivity contribution >= 4 is 10.0 Å². The molecule has 21 heavy (non-hydrogen) atoms. The molecule has 0 atom stereocenters. The molecule has 0 fully saturated rings. The number of nitrogens with zero attached hydrogens (tertiary/aromatic N) is 1. The predicted octanol–water partition coefficient (Wildman–Crippen LogP) is 0.919. The number of aromatic amines is 1. The zero-order chi connectivity index (χ0) is 16.3. The quantitative estimate of drug-likeness (QED) is 0.662. The minimum atomic E-state index is -3.63. The topological polar surface area (TPSA) is 96.1 Å². The SMILES string of the molecule is COC(C)(C)CNS(=O)(=O)c1c(CNC(C)C)n[nH]c1C. The molecule has 8 heteroatoms. The summed E-state index contributed by atoms with van der Waals surface area (Å²) in [5, 5.41) is 9.99. The van der Waals surface area contributed by atoms with Gasteiger partial charge in [-0.1, -0.05) is 13.8 Å². The van der Waals surface area contributed by atoms with Gasteiger partial charge in [-0.15, -0.1) is 0 Å². The summed E-state index contributed by atoms with van der Waals surface area (Å²) in [7, 11) is -2.08. The molecule has 1 heterocycles. The van der Waals surface area contributed by atoms with Crippen LogP contribution in [0.1, 0.15) is 39.1 Å². The molecule has 0 aliphatic heterocycles. The first-order chi connectivity index (χ1) is 9.59. The van der Waals surface area contributed by atoms with Crippen molar-refractivity contribution < 1.29 is 13.2 Å². The Kier molecular flexibility index (Phi) is 5.92. The van der Waals surface area contributed by atoms with Gasteiger partial charge in [-0.25, -0.2) is 13.1 Å². The number of hydrogen-bond donors (Lipinski definition) is 3. The number of rotatable bonds is 8. The second-order valence-corrected chi connectivity index (χ2v) is 7.65. The number of hydrogen-bond acceptors (Lipinski definition) is 5. The fourth-order valence-electron chi connectivity index (χ4n) is 1.66. The average molecular weight is 318 g/mol. The molecule has 1 rings (SSSR count). The summed E-state index contributed by atoms with van der Waals surface area (Å²) in [6, 6.07) is 0.248. The van der Waals surface area contributed by atoms with Gasteiger partial charge in [0.15, 0.2) is 0 Å². The second kappa shape index (κ2) is 6.87. The van der Waals surface area contributed by atoms with Crippen LogP contribution in [0.4, 0.5) is 0 Å². The van der Waals surface area contributed by atoms with Gasteiger partial charge in [-0.2, -0.15) is 5.10 Å². The van der Waals surface area contributed by atoms with E-state index in [2.05, 4.69) is 20.2 Å². The van der Waals surface area contributed by atoms with Crippen LogP contribution in [0.5, 0.6) is 0 Å².